The molecular weight excluding hydrogens is 334 g/mol. The van der Waals surface area contributed by atoms with Crippen LogP contribution in [0.3, 0.4) is 0 Å². The quantitative estimate of drug-likeness (QED) is 0.888. The lowest BCUT2D eigenvalue weighted by atomic mass is 10.1. The van der Waals surface area contributed by atoms with Gasteiger partial charge >= 0.3 is 0 Å². The van der Waals surface area contributed by atoms with Crippen LogP contribution in [0, 0.1) is 5.92 Å². The Hall–Kier alpha value is -1.50. The van der Waals surface area contributed by atoms with Crippen molar-refractivity contribution in [1.29, 1.82) is 0 Å². The molecule has 3 unspecified atom stereocenters. The molecule has 23 heavy (non-hydrogen) atoms. The smallest absolute Gasteiger partial charge is 0.261 e. The molecule has 1 saturated heterocycles. The Morgan fingerprint density at radius 2 is 2.17 bits per heavy atom. The van der Waals surface area contributed by atoms with Crippen molar-refractivity contribution in [3.05, 3.63) is 41.2 Å². The van der Waals surface area contributed by atoms with E-state index in [-0.39, 0.29) is 17.2 Å². The van der Waals surface area contributed by atoms with Crippen LogP contribution in [-0.2, 0) is 0 Å². The van der Waals surface area contributed by atoms with Crippen LogP contribution in [0.5, 0.6) is 0 Å². The Morgan fingerprint density at radius 3 is 2.78 bits per heavy atom. The molecule has 2 bridgehead atoms. The summed E-state index contributed by atoms with van der Waals surface area (Å²) in [6.45, 7) is 1.09. The van der Waals surface area contributed by atoms with Gasteiger partial charge in [-0.05, 0) is 72.9 Å². The van der Waals surface area contributed by atoms with Crippen molar-refractivity contribution in [2.75, 3.05) is 6.54 Å². The Kier molecular flexibility index (Phi) is 4.05. The van der Waals surface area contributed by atoms with Gasteiger partial charge in [0.25, 0.3) is 11.1 Å². The lowest BCUT2D eigenvalue weighted by Crippen LogP contribution is -2.47. The van der Waals surface area contributed by atoms with Gasteiger partial charge in [0.2, 0.25) is 5.22 Å². The summed E-state index contributed by atoms with van der Waals surface area (Å²) in [5.74, 6) is 0.705. The van der Waals surface area contributed by atoms with Gasteiger partial charge in [0.05, 0.1) is 6.20 Å². The Balaban J connectivity index is 1.38. The SMILES string of the molecule is O=C(NC1CC2CNC1C2)c1ccc(Sc2ncc(Cl)o2)cc1. The summed E-state index contributed by atoms with van der Waals surface area (Å²) in [5.41, 5.74) is 0.669. The third-order valence-electron chi connectivity index (χ3n) is 4.42. The summed E-state index contributed by atoms with van der Waals surface area (Å²) >= 11 is 7.07. The maximum absolute atomic E-state index is 12.4. The van der Waals surface area contributed by atoms with E-state index in [2.05, 4.69) is 15.6 Å². The summed E-state index contributed by atoms with van der Waals surface area (Å²) < 4.78 is 5.21. The number of carbonyl (C=O) groups excluding carboxylic acids is 1. The third-order valence-corrected chi connectivity index (χ3v) is 5.47. The van der Waals surface area contributed by atoms with Gasteiger partial charge in [-0.1, -0.05) is 0 Å². The van der Waals surface area contributed by atoms with E-state index in [9.17, 15) is 4.79 Å². The lowest BCUT2D eigenvalue weighted by Gasteiger charge is -2.24. The van der Waals surface area contributed by atoms with Crippen molar-refractivity contribution >= 4 is 29.3 Å². The summed E-state index contributed by atoms with van der Waals surface area (Å²) in [6.07, 6.45) is 3.73. The van der Waals surface area contributed by atoms with Gasteiger partial charge < -0.3 is 15.1 Å². The van der Waals surface area contributed by atoms with Crippen molar-refractivity contribution in [2.45, 2.75) is 35.0 Å². The lowest BCUT2D eigenvalue weighted by molar-refractivity contribution is 0.0928. The van der Waals surface area contributed by atoms with E-state index < -0.39 is 0 Å². The van der Waals surface area contributed by atoms with Crippen LogP contribution in [0.15, 0.2) is 45.0 Å². The molecule has 7 heteroatoms. The molecule has 4 rings (SSSR count). The molecule has 3 atom stereocenters. The Labute approximate surface area is 143 Å². The number of benzene rings is 1. The summed E-state index contributed by atoms with van der Waals surface area (Å²) in [7, 11) is 0. The summed E-state index contributed by atoms with van der Waals surface area (Å²) in [6, 6.07) is 8.11. The molecule has 2 aliphatic rings. The maximum Gasteiger partial charge on any atom is 0.261 e. The highest BCUT2D eigenvalue weighted by Crippen LogP contribution is 2.31. The Bertz CT molecular complexity index is 718. The largest absolute Gasteiger partial charge is 0.419 e. The number of carbonyl (C=O) groups is 1. The zero-order valence-electron chi connectivity index (χ0n) is 12.3. The first-order chi connectivity index (χ1) is 11.2. The van der Waals surface area contributed by atoms with E-state index in [0.717, 1.165) is 23.8 Å². The molecule has 1 aliphatic carbocycles. The Morgan fingerprint density at radius 1 is 1.35 bits per heavy atom. The van der Waals surface area contributed by atoms with Gasteiger partial charge in [0, 0.05) is 22.5 Å². The fraction of sp³-hybridized carbons (Fsp3) is 0.375. The van der Waals surface area contributed by atoms with Crippen LogP contribution in [-0.4, -0.2) is 29.5 Å². The van der Waals surface area contributed by atoms with Crippen LogP contribution in [0.4, 0.5) is 0 Å². The molecule has 2 aromatic rings. The maximum atomic E-state index is 12.4. The van der Waals surface area contributed by atoms with E-state index in [4.69, 9.17) is 16.0 Å². The molecule has 1 aromatic carbocycles. The standard InChI is InChI=1S/C16H16ClN3O2S/c17-14-8-19-16(22-14)23-11-3-1-10(2-4-11)15(21)20-13-6-9-5-12(13)18-7-9/h1-4,8-9,12-13,18H,5-7H2,(H,20,21). The molecule has 1 saturated carbocycles. The minimum atomic E-state index is -0.0138. The van der Waals surface area contributed by atoms with Gasteiger partial charge in [-0.25, -0.2) is 4.98 Å². The van der Waals surface area contributed by atoms with Crippen LogP contribution in [0.1, 0.15) is 23.2 Å². The molecule has 1 aromatic heterocycles. The average molecular weight is 350 g/mol. The number of piperidine rings is 1. The zero-order chi connectivity index (χ0) is 15.8. The van der Waals surface area contributed by atoms with Crippen LogP contribution >= 0.6 is 23.4 Å². The van der Waals surface area contributed by atoms with E-state index in [1.54, 1.807) is 0 Å². The molecule has 2 N–H and O–H groups in total. The van der Waals surface area contributed by atoms with E-state index in [1.165, 1.54) is 24.4 Å². The normalized spacial score (nSPS) is 25.7. The molecule has 0 spiro atoms. The highest BCUT2D eigenvalue weighted by atomic mass is 35.5. The summed E-state index contributed by atoms with van der Waals surface area (Å²) in [5, 5.41) is 7.35. The first-order valence-electron chi connectivity index (χ1n) is 7.61. The molecule has 1 aliphatic heterocycles. The first-order valence-corrected chi connectivity index (χ1v) is 8.80. The van der Waals surface area contributed by atoms with Gasteiger partial charge in [-0.3, -0.25) is 4.79 Å². The van der Waals surface area contributed by atoms with Crippen molar-refractivity contribution in [3.8, 4) is 0 Å². The second-order valence-electron chi connectivity index (χ2n) is 5.99. The molecule has 2 fully saturated rings. The number of hydrogen-bond donors (Lipinski definition) is 2. The minimum absolute atomic E-state index is 0.0138. The van der Waals surface area contributed by atoms with Gasteiger partial charge in [-0.15, -0.1) is 0 Å². The van der Waals surface area contributed by atoms with Crippen molar-refractivity contribution in [2.24, 2.45) is 5.92 Å². The highest BCUT2D eigenvalue weighted by Gasteiger charge is 2.39. The fourth-order valence-corrected chi connectivity index (χ4v) is 4.20. The van der Waals surface area contributed by atoms with E-state index in [0.29, 0.717) is 16.8 Å². The number of oxazole rings is 1. The number of rotatable bonds is 4. The summed E-state index contributed by atoms with van der Waals surface area (Å²) in [4.78, 5) is 17.3. The van der Waals surface area contributed by atoms with Gasteiger partial charge in [0.1, 0.15) is 0 Å². The number of amides is 1. The number of aromatic nitrogens is 1. The monoisotopic (exact) mass is 349 g/mol. The van der Waals surface area contributed by atoms with E-state index >= 15 is 0 Å². The third kappa shape index (κ3) is 3.24. The second-order valence-corrected chi connectivity index (χ2v) is 7.39. The second kappa shape index (κ2) is 6.19. The van der Waals surface area contributed by atoms with Crippen molar-refractivity contribution in [1.82, 2.24) is 15.6 Å². The average Bonchev–Trinajstić information content (AvgIpc) is 3.25. The number of nitrogens with zero attached hydrogens (tertiary/aromatic N) is 1. The number of hydrogen-bond acceptors (Lipinski definition) is 5. The number of nitrogens with one attached hydrogen (secondary N) is 2. The molecule has 120 valence electrons. The van der Waals surface area contributed by atoms with Gasteiger partial charge in [0.15, 0.2) is 0 Å². The zero-order valence-corrected chi connectivity index (χ0v) is 13.9. The predicted octanol–water partition coefficient (Wildman–Crippen LogP) is 2.96. The molecular formula is C16H16ClN3O2S. The molecule has 0 radical (unpaired) electrons. The minimum Gasteiger partial charge on any atom is -0.419 e. The van der Waals surface area contributed by atoms with Crippen LogP contribution < -0.4 is 10.6 Å². The first kappa shape index (κ1) is 15.1. The van der Waals surface area contributed by atoms with Gasteiger partial charge in [-0.2, -0.15) is 0 Å². The van der Waals surface area contributed by atoms with Crippen molar-refractivity contribution < 1.29 is 9.21 Å². The predicted molar refractivity (Wildman–Crippen MR) is 87.8 cm³/mol. The number of halogens is 1. The fourth-order valence-electron chi connectivity index (χ4n) is 3.33. The van der Waals surface area contributed by atoms with Crippen LogP contribution in [0.25, 0.3) is 0 Å². The highest BCUT2D eigenvalue weighted by molar-refractivity contribution is 7.99. The topological polar surface area (TPSA) is 67.2 Å². The molecule has 1 amide bonds. The molecule has 5 nitrogen and oxygen atoms in total. The van der Waals surface area contributed by atoms with Crippen LogP contribution in [0.2, 0.25) is 5.22 Å². The van der Waals surface area contributed by atoms with E-state index in [1.807, 2.05) is 24.3 Å². The molecule has 2 heterocycles. The number of fused-ring (bicyclic) bond motifs is 2. The van der Waals surface area contributed by atoms with Crippen molar-refractivity contribution in [3.63, 3.8) is 0 Å².